The van der Waals surface area contributed by atoms with E-state index in [0.29, 0.717) is 6.54 Å². The molecular weight excluding hydrogens is 236 g/mol. The molecule has 0 amide bonds. The van der Waals surface area contributed by atoms with Gasteiger partial charge < -0.3 is 11.1 Å². The molecule has 1 aromatic carbocycles. The number of hydrogen-bond acceptors (Lipinski definition) is 4. The van der Waals surface area contributed by atoms with Crippen LogP contribution in [0.2, 0.25) is 0 Å². The molecule has 3 rings (SSSR count). The lowest BCUT2D eigenvalue weighted by atomic mass is 10.1. The monoisotopic (exact) mass is 250 g/mol. The number of pyridine rings is 2. The summed E-state index contributed by atoms with van der Waals surface area (Å²) in [6, 6.07) is 11.8. The third-order valence-corrected chi connectivity index (χ3v) is 3.03. The number of hydrogen-bond donors (Lipinski definition) is 2. The fourth-order valence-corrected chi connectivity index (χ4v) is 2.08. The first-order valence-electron chi connectivity index (χ1n) is 6.10. The van der Waals surface area contributed by atoms with Gasteiger partial charge in [0.05, 0.1) is 0 Å². The predicted octanol–water partition coefficient (Wildman–Crippen LogP) is 2.82. The lowest BCUT2D eigenvalue weighted by Gasteiger charge is -2.10. The van der Waals surface area contributed by atoms with Crippen LogP contribution in [0.15, 0.2) is 55.0 Å². The molecule has 3 aromatic rings. The molecule has 0 aliphatic rings. The van der Waals surface area contributed by atoms with Crippen LogP contribution in [0, 0.1) is 0 Å². The second kappa shape index (κ2) is 4.94. The number of rotatable bonds is 3. The summed E-state index contributed by atoms with van der Waals surface area (Å²) in [5, 5.41) is 5.39. The van der Waals surface area contributed by atoms with Crippen molar-refractivity contribution < 1.29 is 0 Å². The van der Waals surface area contributed by atoms with E-state index in [9.17, 15) is 0 Å². The molecule has 0 bridgehead atoms. The SMILES string of the molecule is Nc1cccc2ccnc(NCc3ccncc3)c12. The van der Waals surface area contributed by atoms with Crippen LogP contribution in [0.25, 0.3) is 10.8 Å². The van der Waals surface area contributed by atoms with Crippen LogP contribution < -0.4 is 11.1 Å². The van der Waals surface area contributed by atoms with Gasteiger partial charge in [-0.2, -0.15) is 0 Å². The Labute approximate surface area is 111 Å². The van der Waals surface area contributed by atoms with Gasteiger partial charge in [0.25, 0.3) is 0 Å². The minimum Gasteiger partial charge on any atom is -0.398 e. The molecule has 2 heterocycles. The molecule has 19 heavy (non-hydrogen) atoms. The Balaban J connectivity index is 1.93. The van der Waals surface area contributed by atoms with Crippen molar-refractivity contribution in [1.29, 1.82) is 0 Å². The molecule has 0 unspecified atom stereocenters. The zero-order chi connectivity index (χ0) is 13.1. The Morgan fingerprint density at radius 3 is 2.68 bits per heavy atom. The molecule has 3 N–H and O–H groups in total. The smallest absolute Gasteiger partial charge is 0.136 e. The van der Waals surface area contributed by atoms with Crippen molar-refractivity contribution in [2.24, 2.45) is 0 Å². The van der Waals surface area contributed by atoms with Crippen LogP contribution in [0.3, 0.4) is 0 Å². The molecule has 0 spiro atoms. The number of nitrogens with zero attached hydrogens (tertiary/aromatic N) is 2. The van der Waals surface area contributed by atoms with Crippen LogP contribution in [0.1, 0.15) is 5.56 Å². The first-order valence-corrected chi connectivity index (χ1v) is 6.10. The number of anilines is 2. The van der Waals surface area contributed by atoms with Gasteiger partial charge in [-0.25, -0.2) is 4.98 Å². The van der Waals surface area contributed by atoms with E-state index in [1.54, 1.807) is 18.6 Å². The maximum atomic E-state index is 6.04. The van der Waals surface area contributed by atoms with E-state index in [-0.39, 0.29) is 0 Å². The van der Waals surface area contributed by atoms with Crippen LogP contribution in [-0.4, -0.2) is 9.97 Å². The summed E-state index contributed by atoms with van der Waals surface area (Å²) in [7, 11) is 0. The van der Waals surface area contributed by atoms with Crippen LogP contribution >= 0.6 is 0 Å². The number of nitrogen functional groups attached to an aromatic ring is 1. The number of nitrogens with two attached hydrogens (primary N) is 1. The Kier molecular flexibility index (Phi) is 2.98. The van der Waals surface area contributed by atoms with E-state index in [4.69, 9.17) is 5.73 Å². The van der Waals surface area contributed by atoms with Gasteiger partial charge in [-0.05, 0) is 35.2 Å². The topological polar surface area (TPSA) is 63.8 Å². The van der Waals surface area contributed by atoms with E-state index >= 15 is 0 Å². The zero-order valence-electron chi connectivity index (χ0n) is 10.4. The van der Waals surface area contributed by atoms with Gasteiger partial charge in [-0.3, -0.25) is 4.98 Å². The van der Waals surface area contributed by atoms with Gasteiger partial charge in [-0.1, -0.05) is 12.1 Å². The van der Waals surface area contributed by atoms with Crippen molar-refractivity contribution in [1.82, 2.24) is 9.97 Å². The van der Waals surface area contributed by atoms with E-state index in [2.05, 4.69) is 15.3 Å². The van der Waals surface area contributed by atoms with Crippen molar-refractivity contribution in [3.63, 3.8) is 0 Å². The second-order valence-electron chi connectivity index (χ2n) is 4.31. The summed E-state index contributed by atoms with van der Waals surface area (Å²) in [6.07, 6.45) is 5.35. The normalized spacial score (nSPS) is 10.5. The Hall–Kier alpha value is -2.62. The van der Waals surface area contributed by atoms with Crippen molar-refractivity contribution >= 4 is 22.3 Å². The van der Waals surface area contributed by atoms with Crippen molar-refractivity contribution in [2.75, 3.05) is 11.1 Å². The van der Waals surface area contributed by atoms with Crippen molar-refractivity contribution in [3.8, 4) is 0 Å². The van der Waals surface area contributed by atoms with Gasteiger partial charge in [0, 0.05) is 36.2 Å². The maximum absolute atomic E-state index is 6.04. The van der Waals surface area contributed by atoms with E-state index in [1.807, 2.05) is 36.4 Å². The highest BCUT2D eigenvalue weighted by molar-refractivity contribution is 6.00. The minimum absolute atomic E-state index is 0.697. The first kappa shape index (κ1) is 11.5. The third-order valence-electron chi connectivity index (χ3n) is 3.03. The largest absolute Gasteiger partial charge is 0.398 e. The lowest BCUT2D eigenvalue weighted by Crippen LogP contribution is -2.03. The van der Waals surface area contributed by atoms with Gasteiger partial charge in [0.1, 0.15) is 5.82 Å². The highest BCUT2D eigenvalue weighted by Gasteiger charge is 2.05. The van der Waals surface area contributed by atoms with Gasteiger partial charge in [0.2, 0.25) is 0 Å². The number of benzene rings is 1. The average molecular weight is 250 g/mol. The van der Waals surface area contributed by atoms with Crippen LogP contribution in [0.5, 0.6) is 0 Å². The molecule has 0 saturated carbocycles. The summed E-state index contributed by atoms with van der Waals surface area (Å²) >= 11 is 0. The quantitative estimate of drug-likeness (QED) is 0.702. The summed E-state index contributed by atoms with van der Waals surface area (Å²) in [6.45, 7) is 0.697. The highest BCUT2D eigenvalue weighted by Crippen LogP contribution is 2.26. The summed E-state index contributed by atoms with van der Waals surface area (Å²) in [5.74, 6) is 0.812. The summed E-state index contributed by atoms with van der Waals surface area (Å²) in [5.41, 5.74) is 7.93. The number of aromatic nitrogens is 2. The summed E-state index contributed by atoms with van der Waals surface area (Å²) in [4.78, 5) is 8.38. The highest BCUT2D eigenvalue weighted by atomic mass is 15.0. The van der Waals surface area contributed by atoms with Gasteiger partial charge in [-0.15, -0.1) is 0 Å². The number of fused-ring (bicyclic) bond motifs is 1. The molecule has 4 nitrogen and oxygen atoms in total. The molecule has 0 aliphatic heterocycles. The number of nitrogens with one attached hydrogen (secondary N) is 1. The molecule has 0 saturated heterocycles. The second-order valence-corrected chi connectivity index (χ2v) is 4.31. The molecule has 2 aromatic heterocycles. The van der Waals surface area contributed by atoms with E-state index in [0.717, 1.165) is 27.8 Å². The molecule has 94 valence electrons. The molecule has 0 aliphatic carbocycles. The Morgan fingerprint density at radius 2 is 1.84 bits per heavy atom. The minimum atomic E-state index is 0.697. The Bertz CT molecular complexity index is 690. The molecular formula is C15H14N4. The van der Waals surface area contributed by atoms with Crippen molar-refractivity contribution in [3.05, 3.63) is 60.6 Å². The lowest BCUT2D eigenvalue weighted by molar-refractivity contribution is 1.11. The third kappa shape index (κ3) is 2.33. The van der Waals surface area contributed by atoms with E-state index < -0.39 is 0 Å². The zero-order valence-corrected chi connectivity index (χ0v) is 10.4. The molecule has 0 fully saturated rings. The Morgan fingerprint density at radius 1 is 1.00 bits per heavy atom. The van der Waals surface area contributed by atoms with Crippen LogP contribution in [0.4, 0.5) is 11.5 Å². The standard InChI is InChI=1S/C15H14N4/c16-13-3-1-2-12-6-9-18-15(14(12)13)19-10-11-4-7-17-8-5-11/h1-9H,10,16H2,(H,18,19). The van der Waals surface area contributed by atoms with Crippen molar-refractivity contribution in [2.45, 2.75) is 6.54 Å². The average Bonchev–Trinajstić information content (AvgIpc) is 2.46. The van der Waals surface area contributed by atoms with E-state index in [1.165, 1.54) is 0 Å². The predicted molar refractivity (Wildman–Crippen MR) is 77.7 cm³/mol. The van der Waals surface area contributed by atoms with Gasteiger partial charge in [0.15, 0.2) is 0 Å². The molecule has 0 atom stereocenters. The van der Waals surface area contributed by atoms with Crippen LogP contribution in [-0.2, 0) is 6.54 Å². The first-order chi connectivity index (χ1) is 9.34. The molecule has 0 radical (unpaired) electrons. The summed E-state index contributed by atoms with van der Waals surface area (Å²) < 4.78 is 0. The fourth-order valence-electron chi connectivity index (χ4n) is 2.08. The van der Waals surface area contributed by atoms with Gasteiger partial charge >= 0.3 is 0 Å². The molecule has 4 heteroatoms. The fraction of sp³-hybridized carbons (Fsp3) is 0.0667. The maximum Gasteiger partial charge on any atom is 0.136 e.